The van der Waals surface area contributed by atoms with E-state index in [1.54, 1.807) is 10.8 Å². The number of pyridine rings is 1. The molecule has 0 aromatic carbocycles. The Balaban J connectivity index is 2.21. The first-order valence-corrected chi connectivity index (χ1v) is 6.36. The van der Waals surface area contributed by atoms with Crippen molar-refractivity contribution in [3.8, 4) is 5.75 Å². The lowest BCUT2D eigenvalue weighted by Gasteiger charge is -2.09. The average molecular weight is 283 g/mol. The molecule has 2 heterocycles. The molecule has 5 nitrogen and oxygen atoms in total. The summed E-state index contributed by atoms with van der Waals surface area (Å²) in [5.74, 6) is 1.28. The van der Waals surface area contributed by atoms with E-state index < -0.39 is 0 Å². The van der Waals surface area contributed by atoms with Crippen LogP contribution in [0.25, 0.3) is 0 Å². The zero-order chi connectivity index (χ0) is 14.0. The Hall–Kier alpha value is -1.75. The number of nitrogens with zero attached hydrogens (tertiary/aromatic N) is 2. The van der Waals surface area contributed by atoms with Crippen LogP contribution in [-0.4, -0.2) is 9.72 Å². The van der Waals surface area contributed by atoms with Crippen LogP contribution in [0.2, 0.25) is 0 Å². The summed E-state index contributed by atoms with van der Waals surface area (Å²) in [5.41, 5.74) is 2.20. The molecule has 0 saturated carbocycles. The van der Waals surface area contributed by atoms with Crippen molar-refractivity contribution in [3.63, 3.8) is 0 Å². The molecule has 2 aromatic rings. The van der Waals surface area contributed by atoms with Gasteiger partial charge in [-0.05, 0) is 13.8 Å². The zero-order valence-electron chi connectivity index (χ0n) is 11.1. The van der Waals surface area contributed by atoms with Gasteiger partial charge in [0.1, 0.15) is 12.4 Å². The fourth-order valence-electron chi connectivity index (χ4n) is 1.75. The Kier molecular flexibility index (Phi) is 3.95. The molecule has 102 valence electrons. The van der Waals surface area contributed by atoms with Gasteiger partial charge in [0.05, 0.1) is 23.3 Å². The van der Waals surface area contributed by atoms with Crippen LogP contribution < -0.4 is 10.2 Å². The van der Waals surface area contributed by atoms with Gasteiger partial charge in [-0.25, -0.2) is 0 Å². The molecule has 0 spiro atoms. The molecule has 2 aromatic heterocycles. The molecule has 0 amide bonds. The Bertz CT molecular complexity index is 626. The van der Waals surface area contributed by atoms with E-state index in [0.717, 1.165) is 17.0 Å². The fourth-order valence-corrected chi connectivity index (χ4v) is 2.01. The lowest BCUT2D eigenvalue weighted by molar-refractivity contribution is 0.296. The molecule has 19 heavy (non-hydrogen) atoms. The normalized spacial score (nSPS) is 10.7. The number of aromatic nitrogens is 2. The van der Waals surface area contributed by atoms with Gasteiger partial charge in [0.25, 0.3) is 0 Å². The van der Waals surface area contributed by atoms with Crippen LogP contribution in [0.1, 0.15) is 22.7 Å². The summed E-state index contributed by atoms with van der Waals surface area (Å²) in [6.07, 6.45) is 1.64. The van der Waals surface area contributed by atoms with E-state index in [1.165, 1.54) is 6.07 Å². The highest BCUT2D eigenvalue weighted by atomic mass is 35.5. The van der Waals surface area contributed by atoms with Gasteiger partial charge in [-0.15, -0.1) is 11.6 Å². The summed E-state index contributed by atoms with van der Waals surface area (Å²) in [6, 6.07) is 1.48. The van der Waals surface area contributed by atoms with E-state index in [-0.39, 0.29) is 23.7 Å². The van der Waals surface area contributed by atoms with Crippen molar-refractivity contribution in [2.75, 3.05) is 0 Å². The number of hydrogen-bond acceptors (Lipinski definition) is 4. The summed E-state index contributed by atoms with van der Waals surface area (Å²) in [5, 5.41) is 3.84. The van der Waals surface area contributed by atoms with E-state index >= 15 is 0 Å². The van der Waals surface area contributed by atoms with Crippen LogP contribution in [0.5, 0.6) is 5.75 Å². The molecule has 0 saturated heterocycles. The van der Waals surface area contributed by atoms with Crippen molar-refractivity contribution < 1.29 is 9.26 Å². The lowest BCUT2D eigenvalue weighted by Crippen LogP contribution is -2.13. The van der Waals surface area contributed by atoms with Crippen molar-refractivity contribution in [3.05, 3.63) is 45.2 Å². The standard InChI is InChI=1S/C13H15ClN2O3/c1-8-11(9(2)19-15-8)7-18-13-6-16(3)10(5-14)4-12(13)17/h4,6H,5,7H2,1-3H3. The van der Waals surface area contributed by atoms with Crippen molar-refractivity contribution in [1.29, 1.82) is 0 Å². The minimum atomic E-state index is -0.180. The molecule has 6 heteroatoms. The minimum Gasteiger partial charge on any atom is -0.483 e. The molecule has 0 atom stereocenters. The highest BCUT2D eigenvalue weighted by molar-refractivity contribution is 6.16. The molecule has 0 unspecified atom stereocenters. The van der Waals surface area contributed by atoms with Gasteiger partial charge in [-0.1, -0.05) is 5.16 Å². The molecular formula is C13H15ClN2O3. The molecule has 0 fully saturated rings. The third kappa shape index (κ3) is 2.81. The first-order chi connectivity index (χ1) is 9.02. The second-order valence-electron chi connectivity index (χ2n) is 4.33. The highest BCUT2D eigenvalue weighted by Crippen LogP contribution is 2.15. The second kappa shape index (κ2) is 5.48. The van der Waals surface area contributed by atoms with Crippen LogP contribution in [0.4, 0.5) is 0 Å². The number of hydrogen-bond donors (Lipinski definition) is 0. The predicted molar refractivity (Wildman–Crippen MR) is 71.5 cm³/mol. The summed E-state index contributed by atoms with van der Waals surface area (Å²) >= 11 is 5.74. The second-order valence-corrected chi connectivity index (χ2v) is 4.60. The van der Waals surface area contributed by atoms with E-state index in [2.05, 4.69) is 5.16 Å². The Labute approximate surface area is 115 Å². The summed E-state index contributed by atoms with van der Waals surface area (Å²) in [4.78, 5) is 11.8. The molecule has 0 radical (unpaired) electrons. The van der Waals surface area contributed by atoms with Crippen LogP contribution in [0, 0.1) is 13.8 Å². The molecule has 0 bridgehead atoms. The Morgan fingerprint density at radius 2 is 2.21 bits per heavy atom. The highest BCUT2D eigenvalue weighted by Gasteiger charge is 2.11. The smallest absolute Gasteiger partial charge is 0.223 e. The molecular weight excluding hydrogens is 268 g/mol. The molecule has 0 N–H and O–H groups in total. The number of aryl methyl sites for hydroxylation is 3. The lowest BCUT2D eigenvalue weighted by atomic mass is 10.2. The fraction of sp³-hybridized carbons (Fsp3) is 0.385. The first kappa shape index (κ1) is 13.7. The topological polar surface area (TPSA) is 57.3 Å². The minimum absolute atomic E-state index is 0.180. The van der Waals surface area contributed by atoms with Gasteiger partial charge >= 0.3 is 0 Å². The Morgan fingerprint density at radius 1 is 1.47 bits per heavy atom. The van der Waals surface area contributed by atoms with Gasteiger partial charge in [0.15, 0.2) is 5.75 Å². The maximum absolute atomic E-state index is 11.8. The van der Waals surface area contributed by atoms with Crippen molar-refractivity contribution in [2.24, 2.45) is 7.05 Å². The zero-order valence-corrected chi connectivity index (χ0v) is 11.8. The van der Waals surface area contributed by atoms with Gasteiger partial charge < -0.3 is 13.8 Å². The van der Waals surface area contributed by atoms with E-state index in [1.807, 2.05) is 20.9 Å². The Morgan fingerprint density at radius 3 is 2.79 bits per heavy atom. The van der Waals surface area contributed by atoms with Crippen molar-refractivity contribution in [2.45, 2.75) is 26.3 Å². The van der Waals surface area contributed by atoms with Crippen LogP contribution in [0.3, 0.4) is 0 Å². The van der Waals surface area contributed by atoms with Crippen LogP contribution in [-0.2, 0) is 19.5 Å². The molecule has 2 rings (SSSR count). The van der Waals surface area contributed by atoms with Crippen LogP contribution >= 0.6 is 11.6 Å². The third-order valence-corrected chi connectivity index (χ3v) is 3.27. The number of ether oxygens (including phenoxy) is 1. The van der Waals surface area contributed by atoms with Gasteiger partial charge in [-0.2, -0.15) is 0 Å². The molecule has 0 aliphatic heterocycles. The number of alkyl halides is 1. The predicted octanol–water partition coefficient (Wildman–Crippen LogP) is 2.31. The van der Waals surface area contributed by atoms with E-state index in [4.69, 9.17) is 20.9 Å². The summed E-state index contributed by atoms with van der Waals surface area (Å²) < 4.78 is 12.4. The third-order valence-electron chi connectivity index (χ3n) is 2.99. The quantitative estimate of drug-likeness (QED) is 0.808. The summed E-state index contributed by atoms with van der Waals surface area (Å²) in [6.45, 7) is 3.91. The molecule has 0 aliphatic rings. The van der Waals surface area contributed by atoms with Gasteiger partial charge in [-0.3, -0.25) is 4.79 Å². The number of rotatable bonds is 4. The maximum atomic E-state index is 11.8. The van der Waals surface area contributed by atoms with E-state index in [0.29, 0.717) is 5.76 Å². The average Bonchev–Trinajstić information content (AvgIpc) is 2.70. The summed E-state index contributed by atoms with van der Waals surface area (Å²) in [7, 11) is 1.82. The van der Waals surface area contributed by atoms with Crippen molar-refractivity contribution in [1.82, 2.24) is 9.72 Å². The van der Waals surface area contributed by atoms with E-state index in [9.17, 15) is 4.79 Å². The van der Waals surface area contributed by atoms with Crippen LogP contribution in [0.15, 0.2) is 21.6 Å². The SMILES string of the molecule is Cc1noc(C)c1COc1cn(C)c(CCl)cc1=O. The first-order valence-electron chi connectivity index (χ1n) is 5.83. The maximum Gasteiger partial charge on any atom is 0.223 e. The van der Waals surface area contributed by atoms with Gasteiger partial charge in [0, 0.05) is 18.8 Å². The van der Waals surface area contributed by atoms with Gasteiger partial charge in [0.2, 0.25) is 5.43 Å². The number of halogens is 1. The largest absolute Gasteiger partial charge is 0.483 e. The van der Waals surface area contributed by atoms with Crippen molar-refractivity contribution >= 4 is 11.6 Å². The molecule has 0 aliphatic carbocycles. The monoisotopic (exact) mass is 282 g/mol.